The minimum atomic E-state index is -0.945. The maximum absolute atomic E-state index is 13.5. The summed E-state index contributed by atoms with van der Waals surface area (Å²) >= 11 is 11.7. The third kappa shape index (κ3) is 3.83. The molecule has 0 saturated heterocycles. The van der Waals surface area contributed by atoms with Gasteiger partial charge in [-0.15, -0.1) is 0 Å². The van der Waals surface area contributed by atoms with Crippen LogP contribution in [0.25, 0.3) is 0 Å². The lowest BCUT2D eigenvalue weighted by Crippen LogP contribution is -2.13. The van der Waals surface area contributed by atoms with Gasteiger partial charge in [-0.3, -0.25) is 0 Å². The Kier molecular flexibility index (Phi) is 4.64. The maximum Gasteiger partial charge on any atom is 0.129 e. The Morgan fingerprint density at radius 1 is 1.11 bits per heavy atom. The van der Waals surface area contributed by atoms with E-state index in [1.165, 1.54) is 6.07 Å². The Hall–Kier alpha value is -1.29. The number of aliphatic hydroxyl groups is 1. The van der Waals surface area contributed by atoms with Gasteiger partial charge in [-0.25, -0.2) is 4.39 Å². The summed E-state index contributed by atoms with van der Waals surface area (Å²) in [6, 6.07) is 11.1. The fourth-order valence-electron chi connectivity index (χ4n) is 1.73. The molecule has 0 saturated carbocycles. The van der Waals surface area contributed by atoms with Gasteiger partial charge in [0, 0.05) is 27.8 Å². The fourth-order valence-corrected chi connectivity index (χ4v) is 2.25. The van der Waals surface area contributed by atoms with E-state index in [1.54, 1.807) is 36.4 Å². The third-order valence-electron chi connectivity index (χ3n) is 2.63. The highest BCUT2D eigenvalue weighted by Crippen LogP contribution is 2.23. The zero-order valence-corrected chi connectivity index (χ0v) is 11.4. The van der Waals surface area contributed by atoms with Crippen LogP contribution in [0.3, 0.4) is 0 Å². The lowest BCUT2D eigenvalue weighted by molar-refractivity contribution is 0.186. The van der Waals surface area contributed by atoms with Gasteiger partial charge in [0.1, 0.15) is 5.82 Å². The van der Waals surface area contributed by atoms with E-state index in [0.717, 1.165) is 0 Å². The lowest BCUT2D eigenvalue weighted by Gasteiger charge is -2.14. The number of nitrogens with one attached hydrogen (secondary N) is 1. The van der Waals surface area contributed by atoms with Crippen LogP contribution in [-0.4, -0.2) is 11.7 Å². The van der Waals surface area contributed by atoms with E-state index >= 15 is 0 Å². The van der Waals surface area contributed by atoms with Gasteiger partial charge in [0.2, 0.25) is 0 Å². The topological polar surface area (TPSA) is 32.3 Å². The van der Waals surface area contributed by atoms with Crippen LogP contribution in [0.5, 0.6) is 0 Å². The predicted molar refractivity (Wildman–Crippen MR) is 76.3 cm³/mol. The summed E-state index contributed by atoms with van der Waals surface area (Å²) in [5.74, 6) is -0.430. The molecule has 5 heteroatoms. The molecule has 0 aliphatic carbocycles. The van der Waals surface area contributed by atoms with Crippen molar-refractivity contribution in [1.82, 2.24) is 0 Å². The SMILES string of the molecule is OC(CNc1cc(Cl)cc(Cl)c1)c1ccccc1F. The van der Waals surface area contributed by atoms with Crippen LogP contribution in [0.2, 0.25) is 10.0 Å². The molecule has 0 heterocycles. The van der Waals surface area contributed by atoms with E-state index in [1.807, 2.05) is 0 Å². The highest BCUT2D eigenvalue weighted by Gasteiger charge is 2.11. The second kappa shape index (κ2) is 6.24. The number of aliphatic hydroxyl groups excluding tert-OH is 1. The maximum atomic E-state index is 13.5. The van der Waals surface area contributed by atoms with Crippen LogP contribution in [0.4, 0.5) is 10.1 Å². The molecule has 0 bridgehead atoms. The van der Waals surface area contributed by atoms with Crippen LogP contribution >= 0.6 is 23.2 Å². The van der Waals surface area contributed by atoms with Crippen molar-refractivity contribution in [3.8, 4) is 0 Å². The first kappa shape index (κ1) is 14.1. The average Bonchev–Trinajstić information content (AvgIpc) is 2.35. The monoisotopic (exact) mass is 299 g/mol. The van der Waals surface area contributed by atoms with Crippen molar-refractivity contribution < 1.29 is 9.50 Å². The number of hydrogen-bond acceptors (Lipinski definition) is 2. The summed E-state index contributed by atoms with van der Waals surface area (Å²) in [5, 5.41) is 13.9. The Morgan fingerprint density at radius 3 is 2.37 bits per heavy atom. The minimum Gasteiger partial charge on any atom is -0.386 e. The Bertz CT molecular complexity index is 557. The zero-order chi connectivity index (χ0) is 13.8. The molecule has 0 aromatic heterocycles. The normalized spacial score (nSPS) is 12.2. The van der Waals surface area contributed by atoms with Crippen molar-refractivity contribution in [2.45, 2.75) is 6.10 Å². The average molecular weight is 300 g/mol. The molecule has 0 radical (unpaired) electrons. The summed E-state index contributed by atoms with van der Waals surface area (Å²) in [7, 11) is 0. The van der Waals surface area contributed by atoms with Gasteiger partial charge in [-0.1, -0.05) is 41.4 Å². The third-order valence-corrected chi connectivity index (χ3v) is 3.06. The number of anilines is 1. The first-order valence-corrected chi connectivity index (χ1v) is 6.44. The number of halogens is 3. The molecule has 2 N–H and O–H groups in total. The predicted octanol–water partition coefficient (Wildman–Crippen LogP) is 4.28. The molecule has 2 aromatic carbocycles. The second-order valence-corrected chi connectivity index (χ2v) is 4.95. The van der Waals surface area contributed by atoms with Crippen molar-refractivity contribution >= 4 is 28.9 Å². The highest BCUT2D eigenvalue weighted by molar-refractivity contribution is 6.35. The van der Waals surface area contributed by atoms with Crippen LogP contribution in [0, 0.1) is 5.82 Å². The standard InChI is InChI=1S/C14H12Cl2FNO/c15-9-5-10(16)7-11(6-9)18-8-14(19)12-3-1-2-4-13(12)17/h1-7,14,18-19H,8H2. The summed E-state index contributed by atoms with van der Waals surface area (Å²) in [6.07, 6.45) is -0.945. The van der Waals surface area contributed by atoms with Crippen LogP contribution < -0.4 is 5.32 Å². The van der Waals surface area contributed by atoms with Gasteiger partial charge in [0.25, 0.3) is 0 Å². The molecule has 1 atom stereocenters. The molecule has 1 unspecified atom stereocenters. The molecule has 0 amide bonds. The summed E-state index contributed by atoms with van der Waals surface area (Å²) < 4.78 is 13.5. The molecule has 100 valence electrons. The van der Waals surface area contributed by atoms with Crippen molar-refractivity contribution in [2.75, 3.05) is 11.9 Å². The molecule has 2 aromatic rings. The van der Waals surface area contributed by atoms with Gasteiger partial charge in [-0.05, 0) is 24.3 Å². The van der Waals surface area contributed by atoms with E-state index in [-0.39, 0.29) is 12.1 Å². The molecular weight excluding hydrogens is 288 g/mol. The Labute approximate surface area is 120 Å². The van der Waals surface area contributed by atoms with Crippen LogP contribution in [0.1, 0.15) is 11.7 Å². The van der Waals surface area contributed by atoms with Crippen molar-refractivity contribution in [3.63, 3.8) is 0 Å². The van der Waals surface area contributed by atoms with E-state index in [9.17, 15) is 9.50 Å². The van der Waals surface area contributed by atoms with Gasteiger partial charge in [0.05, 0.1) is 6.10 Å². The van der Waals surface area contributed by atoms with Gasteiger partial charge < -0.3 is 10.4 Å². The summed E-state index contributed by atoms with van der Waals surface area (Å²) in [5.41, 5.74) is 0.927. The number of rotatable bonds is 4. The number of benzene rings is 2. The fraction of sp³-hybridized carbons (Fsp3) is 0.143. The number of hydrogen-bond donors (Lipinski definition) is 2. The molecule has 2 nitrogen and oxygen atoms in total. The molecule has 0 aliphatic heterocycles. The van der Waals surface area contributed by atoms with Crippen molar-refractivity contribution in [3.05, 3.63) is 63.9 Å². The molecule has 2 rings (SSSR count). The van der Waals surface area contributed by atoms with Crippen LogP contribution in [-0.2, 0) is 0 Å². The molecular formula is C14H12Cl2FNO. The first-order valence-electron chi connectivity index (χ1n) is 5.69. The smallest absolute Gasteiger partial charge is 0.129 e. The molecule has 0 spiro atoms. The molecule has 0 aliphatic rings. The minimum absolute atomic E-state index is 0.164. The quantitative estimate of drug-likeness (QED) is 0.883. The van der Waals surface area contributed by atoms with Gasteiger partial charge >= 0.3 is 0 Å². The highest BCUT2D eigenvalue weighted by atomic mass is 35.5. The van der Waals surface area contributed by atoms with Gasteiger partial charge in [0.15, 0.2) is 0 Å². The molecule has 0 fully saturated rings. The largest absolute Gasteiger partial charge is 0.386 e. The van der Waals surface area contributed by atoms with E-state index in [2.05, 4.69) is 5.32 Å². The Morgan fingerprint density at radius 2 is 1.74 bits per heavy atom. The molecule has 19 heavy (non-hydrogen) atoms. The van der Waals surface area contributed by atoms with Crippen LogP contribution in [0.15, 0.2) is 42.5 Å². The van der Waals surface area contributed by atoms with E-state index in [0.29, 0.717) is 15.7 Å². The van der Waals surface area contributed by atoms with Gasteiger partial charge in [-0.2, -0.15) is 0 Å². The summed E-state index contributed by atoms with van der Waals surface area (Å²) in [6.45, 7) is 0.164. The lowest BCUT2D eigenvalue weighted by atomic mass is 10.1. The zero-order valence-electron chi connectivity index (χ0n) is 9.91. The first-order chi connectivity index (χ1) is 9.06. The van der Waals surface area contributed by atoms with Crippen molar-refractivity contribution in [2.24, 2.45) is 0 Å². The Balaban J connectivity index is 2.04. The second-order valence-electron chi connectivity index (χ2n) is 4.08. The summed E-state index contributed by atoms with van der Waals surface area (Å²) in [4.78, 5) is 0. The van der Waals surface area contributed by atoms with E-state index < -0.39 is 11.9 Å². The van der Waals surface area contributed by atoms with E-state index in [4.69, 9.17) is 23.2 Å². The van der Waals surface area contributed by atoms with Crippen molar-refractivity contribution in [1.29, 1.82) is 0 Å².